The first-order valence-corrected chi connectivity index (χ1v) is 6.83. The van der Waals surface area contributed by atoms with E-state index in [9.17, 15) is 0 Å². The van der Waals surface area contributed by atoms with Gasteiger partial charge in [0.1, 0.15) is 0 Å². The Kier molecular flexibility index (Phi) is 4.66. The molecule has 0 aliphatic carbocycles. The number of benzene rings is 1. The van der Waals surface area contributed by atoms with Crippen LogP contribution in [0.3, 0.4) is 0 Å². The molecule has 0 spiro atoms. The molecular formula is C16H22N2. The number of piperidine rings is 1. The lowest BCUT2D eigenvalue weighted by Gasteiger charge is -2.31. The normalized spacial score (nSPS) is 17.3. The molecule has 0 aromatic heterocycles. The van der Waals surface area contributed by atoms with Gasteiger partial charge in [-0.15, -0.1) is 6.42 Å². The summed E-state index contributed by atoms with van der Waals surface area (Å²) in [6.07, 6.45) is 8.80. The second-order valence-corrected chi connectivity index (χ2v) is 4.95. The summed E-state index contributed by atoms with van der Waals surface area (Å²) in [5.74, 6) is 2.72. The van der Waals surface area contributed by atoms with Crippen molar-refractivity contribution in [2.45, 2.75) is 32.2 Å². The Morgan fingerprint density at radius 1 is 1.28 bits per heavy atom. The van der Waals surface area contributed by atoms with Crippen LogP contribution in [0.25, 0.3) is 0 Å². The molecule has 18 heavy (non-hydrogen) atoms. The number of aryl methyl sites for hydroxylation is 1. The van der Waals surface area contributed by atoms with Crippen LogP contribution in [-0.2, 0) is 6.42 Å². The minimum absolute atomic E-state index is 0.589. The molecule has 0 saturated carbocycles. The number of anilines is 1. The molecule has 2 heteroatoms. The third kappa shape index (κ3) is 3.51. The van der Waals surface area contributed by atoms with Crippen molar-refractivity contribution in [3.8, 4) is 12.3 Å². The van der Waals surface area contributed by atoms with Gasteiger partial charge >= 0.3 is 0 Å². The van der Waals surface area contributed by atoms with Crippen LogP contribution < -0.4 is 5.32 Å². The monoisotopic (exact) mass is 242 g/mol. The summed E-state index contributed by atoms with van der Waals surface area (Å²) in [6, 6.07) is 9.37. The second kappa shape index (κ2) is 6.47. The fraction of sp³-hybridized carbons (Fsp3) is 0.500. The molecule has 1 N–H and O–H groups in total. The van der Waals surface area contributed by atoms with Gasteiger partial charge in [-0.05, 0) is 37.0 Å². The lowest BCUT2D eigenvalue weighted by atomic mass is 10.0. The van der Waals surface area contributed by atoms with Crippen molar-refractivity contribution in [1.29, 1.82) is 0 Å². The zero-order valence-corrected chi connectivity index (χ0v) is 11.2. The van der Waals surface area contributed by atoms with Crippen LogP contribution in [0.15, 0.2) is 24.3 Å². The average Bonchev–Trinajstić information content (AvgIpc) is 2.42. The Balaban J connectivity index is 1.82. The summed E-state index contributed by atoms with van der Waals surface area (Å²) in [6.45, 7) is 5.19. The predicted octanol–water partition coefficient (Wildman–Crippen LogP) is 2.76. The third-order valence-electron chi connectivity index (χ3n) is 3.64. The molecule has 0 unspecified atom stereocenters. The molecule has 0 bridgehead atoms. The highest BCUT2D eigenvalue weighted by Gasteiger charge is 2.17. The van der Waals surface area contributed by atoms with Crippen molar-refractivity contribution in [3.05, 3.63) is 29.8 Å². The van der Waals surface area contributed by atoms with Gasteiger partial charge in [0.15, 0.2) is 0 Å². The predicted molar refractivity (Wildman–Crippen MR) is 77.7 cm³/mol. The third-order valence-corrected chi connectivity index (χ3v) is 3.64. The largest absolute Gasteiger partial charge is 0.382 e. The van der Waals surface area contributed by atoms with Gasteiger partial charge in [0.05, 0.1) is 6.54 Å². The summed E-state index contributed by atoms with van der Waals surface area (Å²) in [5.41, 5.74) is 2.63. The summed E-state index contributed by atoms with van der Waals surface area (Å²) in [4.78, 5) is 2.35. The van der Waals surface area contributed by atoms with Crippen molar-refractivity contribution >= 4 is 5.69 Å². The summed E-state index contributed by atoms with van der Waals surface area (Å²) >= 11 is 0. The van der Waals surface area contributed by atoms with E-state index < -0.39 is 0 Å². The fourth-order valence-electron chi connectivity index (χ4n) is 2.44. The van der Waals surface area contributed by atoms with E-state index >= 15 is 0 Å². The first-order valence-electron chi connectivity index (χ1n) is 6.83. The zero-order valence-electron chi connectivity index (χ0n) is 11.2. The van der Waals surface area contributed by atoms with Gasteiger partial charge in [0.2, 0.25) is 0 Å². The molecule has 2 nitrogen and oxygen atoms in total. The van der Waals surface area contributed by atoms with E-state index in [4.69, 9.17) is 6.42 Å². The second-order valence-electron chi connectivity index (χ2n) is 4.95. The van der Waals surface area contributed by atoms with Crippen LogP contribution in [0.5, 0.6) is 0 Å². The molecule has 2 rings (SSSR count). The molecule has 0 atom stereocenters. The summed E-state index contributed by atoms with van der Waals surface area (Å²) in [5, 5.41) is 3.62. The number of hydrogen-bond donors (Lipinski definition) is 1. The van der Waals surface area contributed by atoms with Crippen molar-refractivity contribution in [2.75, 3.05) is 25.0 Å². The molecule has 1 aliphatic heterocycles. The molecule has 1 aliphatic rings. The van der Waals surface area contributed by atoms with Gasteiger partial charge in [-0.3, -0.25) is 4.90 Å². The molecule has 1 aromatic carbocycles. The molecule has 1 fully saturated rings. The van der Waals surface area contributed by atoms with E-state index in [0.717, 1.165) is 26.1 Å². The molecule has 0 radical (unpaired) electrons. The van der Waals surface area contributed by atoms with Gasteiger partial charge in [-0.25, -0.2) is 0 Å². The van der Waals surface area contributed by atoms with Crippen LogP contribution in [0.1, 0.15) is 25.3 Å². The highest BCUT2D eigenvalue weighted by atomic mass is 15.1. The molecule has 0 amide bonds. The van der Waals surface area contributed by atoms with Gasteiger partial charge in [0.25, 0.3) is 0 Å². The van der Waals surface area contributed by atoms with Gasteiger partial charge in [-0.2, -0.15) is 0 Å². The SMILES string of the molecule is C#CCN1CCC(Nc2ccc(CC)cc2)CC1. The minimum atomic E-state index is 0.589. The van der Waals surface area contributed by atoms with Crippen LogP contribution in [0.2, 0.25) is 0 Å². The van der Waals surface area contributed by atoms with Gasteiger partial charge in [0, 0.05) is 24.8 Å². The highest BCUT2D eigenvalue weighted by molar-refractivity contribution is 5.45. The average molecular weight is 242 g/mol. The number of terminal acetylenes is 1. The number of nitrogens with zero attached hydrogens (tertiary/aromatic N) is 1. The summed E-state index contributed by atoms with van der Waals surface area (Å²) < 4.78 is 0. The quantitative estimate of drug-likeness (QED) is 0.817. The van der Waals surface area contributed by atoms with E-state index in [1.54, 1.807) is 0 Å². The highest BCUT2D eigenvalue weighted by Crippen LogP contribution is 2.17. The fourth-order valence-corrected chi connectivity index (χ4v) is 2.44. The maximum absolute atomic E-state index is 5.34. The molecule has 1 aromatic rings. The molecule has 1 heterocycles. The Morgan fingerprint density at radius 2 is 1.94 bits per heavy atom. The first-order chi connectivity index (χ1) is 8.81. The van der Waals surface area contributed by atoms with E-state index in [0.29, 0.717) is 6.04 Å². The number of likely N-dealkylation sites (tertiary alicyclic amines) is 1. The Hall–Kier alpha value is -1.46. The van der Waals surface area contributed by atoms with Crippen LogP contribution in [0, 0.1) is 12.3 Å². The van der Waals surface area contributed by atoms with E-state index in [1.807, 2.05) is 0 Å². The number of rotatable bonds is 4. The minimum Gasteiger partial charge on any atom is -0.382 e. The van der Waals surface area contributed by atoms with Gasteiger partial charge in [-0.1, -0.05) is 25.0 Å². The lowest BCUT2D eigenvalue weighted by molar-refractivity contribution is 0.243. The van der Waals surface area contributed by atoms with E-state index in [1.165, 1.54) is 24.1 Å². The zero-order chi connectivity index (χ0) is 12.8. The summed E-state index contributed by atoms with van der Waals surface area (Å²) in [7, 11) is 0. The maximum atomic E-state index is 5.34. The van der Waals surface area contributed by atoms with Gasteiger partial charge < -0.3 is 5.32 Å². The Morgan fingerprint density at radius 3 is 2.50 bits per heavy atom. The van der Waals surface area contributed by atoms with Crippen molar-refractivity contribution in [3.63, 3.8) is 0 Å². The smallest absolute Gasteiger partial charge is 0.0598 e. The van der Waals surface area contributed by atoms with E-state index in [-0.39, 0.29) is 0 Å². The maximum Gasteiger partial charge on any atom is 0.0598 e. The topological polar surface area (TPSA) is 15.3 Å². The van der Waals surface area contributed by atoms with Crippen LogP contribution in [-0.4, -0.2) is 30.6 Å². The van der Waals surface area contributed by atoms with Crippen molar-refractivity contribution in [1.82, 2.24) is 4.90 Å². The van der Waals surface area contributed by atoms with Crippen molar-refractivity contribution < 1.29 is 0 Å². The molecule has 96 valence electrons. The number of hydrogen-bond acceptors (Lipinski definition) is 2. The number of nitrogens with one attached hydrogen (secondary N) is 1. The molecular weight excluding hydrogens is 220 g/mol. The first kappa shape index (κ1) is 13.0. The van der Waals surface area contributed by atoms with Crippen LogP contribution >= 0.6 is 0 Å². The van der Waals surface area contributed by atoms with E-state index in [2.05, 4.69) is 47.3 Å². The lowest BCUT2D eigenvalue weighted by Crippen LogP contribution is -2.39. The Bertz CT molecular complexity index is 394. The molecule has 1 saturated heterocycles. The van der Waals surface area contributed by atoms with Crippen molar-refractivity contribution in [2.24, 2.45) is 0 Å². The van der Waals surface area contributed by atoms with Crippen LogP contribution in [0.4, 0.5) is 5.69 Å². The Labute approximate surface area is 110 Å². The standard InChI is InChI=1S/C16H22N2/c1-3-11-18-12-9-16(10-13-18)17-15-7-5-14(4-2)6-8-15/h1,5-8,16-17H,4,9-13H2,2H3.